The van der Waals surface area contributed by atoms with Crippen LogP contribution in [0.15, 0.2) is 18.3 Å². The minimum atomic E-state index is -4.35. The number of nitrogens with zero attached hydrogens (tertiary/aromatic N) is 2. The summed E-state index contributed by atoms with van der Waals surface area (Å²) < 4.78 is 38.5. The Bertz CT molecular complexity index is 548. The van der Waals surface area contributed by atoms with E-state index in [4.69, 9.17) is 0 Å². The van der Waals surface area contributed by atoms with Gasteiger partial charge in [0.15, 0.2) is 0 Å². The lowest BCUT2D eigenvalue weighted by Crippen LogP contribution is -2.44. The minimum absolute atomic E-state index is 0.127. The van der Waals surface area contributed by atoms with E-state index in [1.54, 1.807) is 0 Å². The fourth-order valence-electron chi connectivity index (χ4n) is 4.02. The van der Waals surface area contributed by atoms with Crippen LogP contribution in [0.3, 0.4) is 0 Å². The lowest BCUT2D eigenvalue weighted by Gasteiger charge is -2.40. The summed E-state index contributed by atoms with van der Waals surface area (Å²) >= 11 is 0. The molecule has 1 saturated heterocycles. The Morgan fingerprint density at radius 1 is 1.41 bits per heavy atom. The third kappa shape index (κ3) is 2.69. The van der Waals surface area contributed by atoms with Crippen molar-refractivity contribution in [3.05, 3.63) is 23.9 Å². The van der Waals surface area contributed by atoms with Gasteiger partial charge in [-0.05, 0) is 37.3 Å². The van der Waals surface area contributed by atoms with Crippen LogP contribution >= 0.6 is 0 Å². The zero-order valence-corrected chi connectivity index (χ0v) is 12.6. The molecule has 1 saturated carbocycles. The molecule has 6 heteroatoms. The number of fused-ring (bicyclic) bond motifs is 1. The Morgan fingerprint density at radius 2 is 2.18 bits per heavy atom. The number of hydrogen-bond donors (Lipinski definition) is 1. The highest BCUT2D eigenvalue weighted by Crippen LogP contribution is 2.45. The number of hydrogen-bond acceptors (Lipinski definition) is 3. The summed E-state index contributed by atoms with van der Waals surface area (Å²) in [5.74, 6) is 0.834. The molecule has 1 aliphatic carbocycles. The first-order chi connectivity index (χ1) is 10.3. The van der Waals surface area contributed by atoms with Crippen LogP contribution < -0.4 is 4.90 Å². The molecule has 0 bridgehead atoms. The van der Waals surface area contributed by atoms with Gasteiger partial charge in [-0.25, -0.2) is 4.98 Å². The summed E-state index contributed by atoms with van der Waals surface area (Å²) in [5, 5.41) is 10.8. The molecule has 3 nitrogen and oxygen atoms in total. The SMILES string of the molecule is CC[C@@]1(O)CCC[C@@H]2CN(c3cc(C(F)(F)F)ccn3)C[C@@H]21. The highest BCUT2D eigenvalue weighted by atomic mass is 19.4. The number of aromatic nitrogens is 1. The first kappa shape index (κ1) is 15.6. The second-order valence-corrected chi connectivity index (χ2v) is 6.52. The molecule has 3 atom stereocenters. The monoisotopic (exact) mass is 314 g/mol. The standard InChI is InChI=1S/C16H21F3N2O/c1-2-15(22)6-3-4-11-9-21(10-13(11)15)14-8-12(5-7-20-14)16(17,18)19/h5,7-8,11,13,22H,2-4,6,9-10H2,1H3/t11-,13+,15-/m1/s1. The molecule has 3 rings (SSSR count). The number of alkyl halides is 3. The minimum Gasteiger partial charge on any atom is -0.390 e. The molecule has 2 fully saturated rings. The lowest BCUT2D eigenvalue weighted by atomic mass is 9.69. The molecule has 1 N–H and O–H groups in total. The average Bonchev–Trinajstić information content (AvgIpc) is 2.92. The molecule has 0 spiro atoms. The Balaban J connectivity index is 1.83. The molecule has 0 unspecified atom stereocenters. The molecule has 122 valence electrons. The summed E-state index contributed by atoms with van der Waals surface area (Å²) in [5.41, 5.74) is -1.35. The van der Waals surface area contributed by atoms with Crippen LogP contribution in [0.25, 0.3) is 0 Å². The molecule has 1 aromatic heterocycles. The summed E-state index contributed by atoms with van der Waals surface area (Å²) in [6, 6.07) is 2.11. The maximum Gasteiger partial charge on any atom is 0.416 e. The molecule has 2 heterocycles. The van der Waals surface area contributed by atoms with E-state index in [0.717, 1.165) is 31.4 Å². The van der Waals surface area contributed by atoms with Gasteiger partial charge >= 0.3 is 6.18 Å². The van der Waals surface area contributed by atoms with Gasteiger partial charge in [-0.1, -0.05) is 13.3 Å². The second kappa shape index (κ2) is 5.41. The zero-order valence-electron chi connectivity index (χ0n) is 12.6. The van der Waals surface area contributed by atoms with Crippen molar-refractivity contribution >= 4 is 5.82 Å². The lowest BCUT2D eigenvalue weighted by molar-refractivity contribution is -0.137. The van der Waals surface area contributed by atoms with Gasteiger partial charge in [0, 0.05) is 25.2 Å². The van der Waals surface area contributed by atoms with Gasteiger partial charge < -0.3 is 10.0 Å². The number of pyridine rings is 1. The molecular weight excluding hydrogens is 293 g/mol. The van der Waals surface area contributed by atoms with Crippen LogP contribution in [0.1, 0.15) is 38.2 Å². The van der Waals surface area contributed by atoms with Crippen LogP contribution in [0.2, 0.25) is 0 Å². The largest absolute Gasteiger partial charge is 0.416 e. The number of anilines is 1. The van der Waals surface area contributed by atoms with Crippen LogP contribution in [-0.2, 0) is 6.18 Å². The maximum atomic E-state index is 12.8. The average molecular weight is 314 g/mol. The smallest absolute Gasteiger partial charge is 0.390 e. The number of rotatable bonds is 2. The van der Waals surface area contributed by atoms with Crippen LogP contribution in [-0.4, -0.2) is 28.8 Å². The van der Waals surface area contributed by atoms with Crippen LogP contribution in [0.4, 0.5) is 19.0 Å². The quantitative estimate of drug-likeness (QED) is 0.908. The fourth-order valence-corrected chi connectivity index (χ4v) is 4.02. The summed E-state index contributed by atoms with van der Waals surface area (Å²) in [6.07, 6.45) is 0.352. The predicted molar refractivity (Wildman–Crippen MR) is 77.5 cm³/mol. The molecule has 22 heavy (non-hydrogen) atoms. The van der Waals surface area contributed by atoms with Crippen molar-refractivity contribution in [2.24, 2.45) is 11.8 Å². The van der Waals surface area contributed by atoms with E-state index in [9.17, 15) is 18.3 Å². The van der Waals surface area contributed by atoms with Crippen molar-refractivity contribution < 1.29 is 18.3 Å². The maximum absolute atomic E-state index is 12.8. The summed E-state index contributed by atoms with van der Waals surface area (Å²) in [6.45, 7) is 3.25. The van der Waals surface area contributed by atoms with Crippen molar-refractivity contribution in [2.75, 3.05) is 18.0 Å². The third-order valence-electron chi connectivity index (χ3n) is 5.32. The topological polar surface area (TPSA) is 36.4 Å². The van der Waals surface area contributed by atoms with E-state index in [0.29, 0.717) is 31.2 Å². The van der Waals surface area contributed by atoms with Crippen molar-refractivity contribution in [1.82, 2.24) is 4.98 Å². The van der Waals surface area contributed by atoms with E-state index in [1.165, 1.54) is 6.20 Å². The normalized spacial score (nSPS) is 32.1. The molecule has 1 aromatic rings. The second-order valence-electron chi connectivity index (χ2n) is 6.52. The molecule has 1 aliphatic heterocycles. The van der Waals surface area contributed by atoms with Crippen LogP contribution in [0, 0.1) is 11.8 Å². The summed E-state index contributed by atoms with van der Waals surface area (Å²) in [7, 11) is 0. The van der Waals surface area contributed by atoms with E-state index in [1.807, 2.05) is 11.8 Å². The highest BCUT2D eigenvalue weighted by Gasteiger charge is 2.48. The zero-order chi connectivity index (χ0) is 16.0. The van der Waals surface area contributed by atoms with Gasteiger partial charge in [-0.15, -0.1) is 0 Å². The van der Waals surface area contributed by atoms with E-state index < -0.39 is 17.3 Å². The van der Waals surface area contributed by atoms with Gasteiger partial charge in [0.2, 0.25) is 0 Å². The predicted octanol–water partition coefficient (Wildman–Crippen LogP) is 3.48. The molecule has 0 aromatic carbocycles. The Kier molecular flexibility index (Phi) is 3.83. The van der Waals surface area contributed by atoms with Crippen molar-refractivity contribution in [2.45, 2.75) is 44.4 Å². The molecule has 2 aliphatic rings. The Morgan fingerprint density at radius 3 is 2.86 bits per heavy atom. The molecular formula is C16H21F3N2O. The van der Waals surface area contributed by atoms with Gasteiger partial charge in [-0.3, -0.25) is 0 Å². The van der Waals surface area contributed by atoms with Gasteiger partial charge in [0.05, 0.1) is 11.2 Å². The van der Waals surface area contributed by atoms with Crippen molar-refractivity contribution in [3.63, 3.8) is 0 Å². The number of halogens is 3. The molecule has 0 amide bonds. The summed E-state index contributed by atoms with van der Waals surface area (Å²) in [4.78, 5) is 6.01. The first-order valence-corrected chi connectivity index (χ1v) is 7.84. The number of aliphatic hydroxyl groups is 1. The van der Waals surface area contributed by atoms with Gasteiger partial charge in [0.1, 0.15) is 5.82 Å². The van der Waals surface area contributed by atoms with Crippen LogP contribution in [0.5, 0.6) is 0 Å². The van der Waals surface area contributed by atoms with Crippen molar-refractivity contribution in [3.8, 4) is 0 Å². The Labute approximate surface area is 128 Å². The van der Waals surface area contributed by atoms with Crippen molar-refractivity contribution in [1.29, 1.82) is 0 Å². The third-order valence-corrected chi connectivity index (χ3v) is 5.32. The highest BCUT2D eigenvalue weighted by molar-refractivity contribution is 5.43. The van der Waals surface area contributed by atoms with E-state index in [2.05, 4.69) is 4.98 Å². The van der Waals surface area contributed by atoms with E-state index >= 15 is 0 Å². The molecule has 0 radical (unpaired) electrons. The van der Waals surface area contributed by atoms with Gasteiger partial charge in [0.25, 0.3) is 0 Å². The van der Waals surface area contributed by atoms with Gasteiger partial charge in [-0.2, -0.15) is 13.2 Å². The van der Waals surface area contributed by atoms with E-state index in [-0.39, 0.29) is 5.92 Å². The Hall–Kier alpha value is -1.30. The fraction of sp³-hybridized carbons (Fsp3) is 0.688. The first-order valence-electron chi connectivity index (χ1n) is 7.84.